The Hall–Kier alpha value is -1.22. The maximum atomic E-state index is 5.79. The molecule has 1 heterocycles. The Bertz CT molecular complexity index is 351. The van der Waals surface area contributed by atoms with Crippen LogP contribution in [0.4, 0.5) is 0 Å². The fourth-order valence-electron chi connectivity index (χ4n) is 1.87. The summed E-state index contributed by atoms with van der Waals surface area (Å²) in [5.41, 5.74) is 6.66. The fourth-order valence-corrected chi connectivity index (χ4v) is 1.87. The van der Waals surface area contributed by atoms with Crippen molar-refractivity contribution in [3.63, 3.8) is 0 Å². The van der Waals surface area contributed by atoms with E-state index in [0.717, 1.165) is 23.5 Å². The second kappa shape index (κ2) is 4.11. The molecule has 0 radical (unpaired) electrons. The maximum Gasteiger partial charge on any atom is 0.161 e. The molecule has 3 heteroatoms. The SMILES string of the molecule is CC1CC(C)Oc2cc(CN)ccc2O1. The molecule has 1 aromatic rings. The van der Waals surface area contributed by atoms with Crippen LogP contribution in [0.5, 0.6) is 11.5 Å². The molecule has 1 aliphatic heterocycles. The van der Waals surface area contributed by atoms with Crippen LogP contribution in [0.2, 0.25) is 0 Å². The van der Waals surface area contributed by atoms with E-state index in [-0.39, 0.29) is 12.2 Å². The van der Waals surface area contributed by atoms with Crippen LogP contribution in [0.25, 0.3) is 0 Å². The lowest BCUT2D eigenvalue weighted by Crippen LogP contribution is -2.18. The monoisotopic (exact) mass is 207 g/mol. The number of fused-ring (bicyclic) bond motifs is 1. The van der Waals surface area contributed by atoms with Gasteiger partial charge in [-0.1, -0.05) is 6.07 Å². The molecule has 2 unspecified atom stereocenters. The first-order valence-electron chi connectivity index (χ1n) is 5.35. The molecule has 2 rings (SSSR count). The predicted molar refractivity (Wildman–Crippen MR) is 59.1 cm³/mol. The molecule has 0 saturated carbocycles. The molecule has 1 aliphatic rings. The van der Waals surface area contributed by atoms with Crippen molar-refractivity contribution in [2.45, 2.75) is 39.0 Å². The van der Waals surface area contributed by atoms with Gasteiger partial charge in [-0.25, -0.2) is 0 Å². The van der Waals surface area contributed by atoms with E-state index < -0.39 is 0 Å². The molecule has 82 valence electrons. The van der Waals surface area contributed by atoms with E-state index in [1.54, 1.807) is 0 Å². The van der Waals surface area contributed by atoms with Gasteiger partial charge in [-0.15, -0.1) is 0 Å². The minimum absolute atomic E-state index is 0.189. The molecular formula is C12H17NO2. The summed E-state index contributed by atoms with van der Waals surface area (Å²) >= 11 is 0. The van der Waals surface area contributed by atoms with Crippen molar-refractivity contribution < 1.29 is 9.47 Å². The first kappa shape index (κ1) is 10.3. The summed E-state index contributed by atoms with van der Waals surface area (Å²) in [7, 11) is 0. The third-order valence-corrected chi connectivity index (χ3v) is 2.56. The van der Waals surface area contributed by atoms with Crippen LogP contribution in [-0.4, -0.2) is 12.2 Å². The van der Waals surface area contributed by atoms with Crippen molar-refractivity contribution in [3.8, 4) is 11.5 Å². The molecule has 0 fully saturated rings. The lowest BCUT2D eigenvalue weighted by molar-refractivity contribution is 0.168. The van der Waals surface area contributed by atoms with Gasteiger partial charge >= 0.3 is 0 Å². The molecule has 2 atom stereocenters. The van der Waals surface area contributed by atoms with E-state index >= 15 is 0 Å². The van der Waals surface area contributed by atoms with Gasteiger partial charge in [0.15, 0.2) is 11.5 Å². The summed E-state index contributed by atoms with van der Waals surface area (Å²) in [6.07, 6.45) is 1.30. The lowest BCUT2D eigenvalue weighted by Gasteiger charge is -2.11. The van der Waals surface area contributed by atoms with E-state index in [9.17, 15) is 0 Å². The zero-order chi connectivity index (χ0) is 10.8. The number of ether oxygens (including phenoxy) is 2. The normalized spacial score (nSPS) is 24.7. The van der Waals surface area contributed by atoms with Crippen molar-refractivity contribution >= 4 is 0 Å². The molecule has 0 aromatic heterocycles. The number of nitrogens with two attached hydrogens (primary N) is 1. The molecule has 0 amide bonds. The van der Waals surface area contributed by atoms with Crippen molar-refractivity contribution in [1.29, 1.82) is 0 Å². The molecule has 0 aliphatic carbocycles. The smallest absolute Gasteiger partial charge is 0.161 e. The molecule has 2 N–H and O–H groups in total. The minimum atomic E-state index is 0.189. The van der Waals surface area contributed by atoms with Crippen LogP contribution in [0.3, 0.4) is 0 Å². The van der Waals surface area contributed by atoms with Crippen LogP contribution < -0.4 is 15.2 Å². The van der Waals surface area contributed by atoms with Crippen LogP contribution in [0, 0.1) is 0 Å². The van der Waals surface area contributed by atoms with Crippen molar-refractivity contribution in [2.24, 2.45) is 5.73 Å². The van der Waals surface area contributed by atoms with Gasteiger partial charge < -0.3 is 15.2 Å². The van der Waals surface area contributed by atoms with Crippen molar-refractivity contribution in [3.05, 3.63) is 23.8 Å². The van der Waals surface area contributed by atoms with Crippen molar-refractivity contribution in [1.82, 2.24) is 0 Å². The Morgan fingerprint density at radius 1 is 1.20 bits per heavy atom. The molecule has 15 heavy (non-hydrogen) atoms. The molecule has 0 bridgehead atoms. The van der Waals surface area contributed by atoms with Crippen LogP contribution in [-0.2, 0) is 6.54 Å². The number of hydrogen-bond acceptors (Lipinski definition) is 3. The van der Waals surface area contributed by atoms with Gasteiger partial charge in [0.05, 0.1) is 12.2 Å². The average molecular weight is 207 g/mol. The molecule has 0 saturated heterocycles. The number of hydrogen-bond donors (Lipinski definition) is 1. The van der Waals surface area contributed by atoms with Gasteiger partial charge in [-0.05, 0) is 31.5 Å². The third kappa shape index (κ3) is 2.23. The summed E-state index contributed by atoms with van der Waals surface area (Å²) in [6.45, 7) is 4.65. The van der Waals surface area contributed by atoms with Gasteiger partial charge in [-0.3, -0.25) is 0 Å². The van der Waals surface area contributed by atoms with Gasteiger partial charge in [0.1, 0.15) is 0 Å². The van der Waals surface area contributed by atoms with Crippen LogP contribution in [0.15, 0.2) is 18.2 Å². The maximum absolute atomic E-state index is 5.79. The fraction of sp³-hybridized carbons (Fsp3) is 0.500. The van der Waals surface area contributed by atoms with E-state index in [2.05, 4.69) is 13.8 Å². The second-order valence-electron chi connectivity index (χ2n) is 4.08. The van der Waals surface area contributed by atoms with Crippen LogP contribution in [0.1, 0.15) is 25.8 Å². The minimum Gasteiger partial charge on any atom is -0.487 e. The lowest BCUT2D eigenvalue weighted by atomic mass is 10.2. The Kier molecular flexibility index (Phi) is 2.82. The summed E-state index contributed by atoms with van der Waals surface area (Å²) in [6, 6.07) is 5.88. The summed E-state index contributed by atoms with van der Waals surface area (Å²) in [5.74, 6) is 1.64. The highest BCUT2D eigenvalue weighted by atomic mass is 16.5. The number of rotatable bonds is 1. The van der Waals surface area contributed by atoms with Crippen molar-refractivity contribution in [2.75, 3.05) is 0 Å². The Balaban J connectivity index is 2.33. The van der Waals surface area contributed by atoms with Gasteiger partial charge in [-0.2, -0.15) is 0 Å². The molecule has 3 nitrogen and oxygen atoms in total. The standard InChI is InChI=1S/C12H17NO2/c1-8-5-9(2)15-12-6-10(7-13)3-4-11(12)14-8/h3-4,6,8-9H,5,7,13H2,1-2H3. The molecule has 1 aromatic carbocycles. The first-order valence-corrected chi connectivity index (χ1v) is 5.35. The second-order valence-corrected chi connectivity index (χ2v) is 4.08. The summed E-state index contributed by atoms with van der Waals surface area (Å²) in [4.78, 5) is 0. The predicted octanol–water partition coefficient (Wildman–Crippen LogP) is 2.08. The highest BCUT2D eigenvalue weighted by Crippen LogP contribution is 2.33. The molecular weight excluding hydrogens is 190 g/mol. The average Bonchev–Trinajstić information content (AvgIpc) is 2.33. The van der Waals surface area contributed by atoms with E-state index in [1.807, 2.05) is 18.2 Å². The zero-order valence-corrected chi connectivity index (χ0v) is 9.19. The zero-order valence-electron chi connectivity index (χ0n) is 9.19. The van der Waals surface area contributed by atoms with Gasteiger partial charge in [0.2, 0.25) is 0 Å². The summed E-state index contributed by atoms with van der Waals surface area (Å²) in [5, 5.41) is 0. The van der Waals surface area contributed by atoms with Gasteiger partial charge in [0.25, 0.3) is 0 Å². The highest BCUT2D eigenvalue weighted by Gasteiger charge is 2.20. The highest BCUT2D eigenvalue weighted by molar-refractivity contribution is 5.43. The van der Waals surface area contributed by atoms with E-state index in [1.165, 1.54) is 0 Å². The molecule has 0 spiro atoms. The van der Waals surface area contributed by atoms with Crippen LogP contribution >= 0.6 is 0 Å². The summed E-state index contributed by atoms with van der Waals surface area (Å²) < 4.78 is 11.5. The largest absolute Gasteiger partial charge is 0.487 e. The number of benzene rings is 1. The quantitative estimate of drug-likeness (QED) is 0.766. The topological polar surface area (TPSA) is 44.5 Å². The Morgan fingerprint density at radius 3 is 2.53 bits per heavy atom. The Morgan fingerprint density at radius 2 is 1.87 bits per heavy atom. The Labute approximate surface area is 90.2 Å². The third-order valence-electron chi connectivity index (χ3n) is 2.56. The first-order chi connectivity index (χ1) is 7.19. The van der Waals surface area contributed by atoms with E-state index in [0.29, 0.717) is 6.54 Å². The van der Waals surface area contributed by atoms with E-state index in [4.69, 9.17) is 15.2 Å². The van der Waals surface area contributed by atoms with Gasteiger partial charge in [0, 0.05) is 13.0 Å².